The monoisotopic (exact) mass is 348 g/mol. The summed E-state index contributed by atoms with van der Waals surface area (Å²) >= 11 is 1.48. The molecule has 128 valence electrons. The van der Waals surface area contributed by atoms with E-state index in [0.29, 0.717) is 13.2 Å². The molecule has 3 rings (SSSR count). The minimum atomic E-state index is -0.357. The summed E-state index contributed by atoms with van der Waals surface area (Å²) in [6.07, 6.45) is 1.95. The van der Waals surface area contributed by atoms with Gasteiger partial charge in [0.25, 0.3) is 0 Å². The molecule has 1 heterocycles. The number of hydrogen-bond donors (Lipinski definition) is 1. The van der Waals surface area contributed by atoms with Gasteiger partial charge in [-0.15, -0.1) is 11.3 Å². The number of ether oxygens (including phenoxy) is 1. The van der Waals surface area contributed by atoms with Crippen molar-refractivity contribution in [2.24, 2.45) is 5.41 Å². The lowest BCUT2D eigenvalue weighted by atomic mass is 10.1. The van der Waals surface area contributed by atoms with Crippen LogP contribution >= 0.6 is 11.3 Å². The van der Waals surface area contributed by atoms with E-state index in [4.69, 9.17) is 4.74 Å². The molecule has 6 heteroatoms. The van der Waals surface area contributed by atoms with Crippen molar-refractivity contribution in [3.63, 3.8) is 0 Å². The molecule has 1 aliphatic carbocycles. The van der Waals surface area contributed by atoms with Gasteiger partial charge in [0.1, 0.15) is 17.4 Å². The number of hydrogen-bond acceptors (Lipinski definition) is 4. The van der Waals surface area contributed by atoms with Crippen LogP contribution in [0.2, 0.25) is 0 Å². The summed E-state index contributed by atoms with van der Waals surface area (Å²) in [6, 6.07) is 7.85. The lowest BCUT2D eigenvalue weighted by molar-refractivity contribution is -0.120. The average Bonchev–Trinajstić information content (AvgIpc) is 3.25. The van der Waals surface area contributed by atoms with Crippen LogP contribution in [0.5, 0.6) is 5.75 Å². The molecule has 4 nitrogen and oxygen atoms in total. The lowest BCUT2D eigenvalue weighted by Crippen LogP contribution is -2.32. The maximum atomic E-state index is 12.8. The number of amides is 1. The van der Waals surface area contributed by atoms with Gasteiger partial charge in [-0.2, -0.15) is 0 Å². The third-order valence-corrected chi connectivity index (χ3v) is 5.10. The molecule has 0 radical (unpaired) electrons. The van der Waals surface area contributed by atoms with Crippen LogP contribution in [0.15, 0.2) is 29.6 Å². The highest BCUT2D eigenvalue weighted by Crippen LogP contribution is 2.45. The van der Waals surface area contributed by atoms with Crippen molar-refractivity contribution in [2.75, 3.05) is 13.2 Å². The van der Waals surface area contributed by atoms with Gasteiger partial charge in [0, 0.05) is 17.3 Å². The smallest absolute Gasteiger partial charge is 0.226 e. The predicted molar refractivity (Wildman–Crippen MR) is 92.0 cm³/mol. The van der Waals surface area contributed by atoms with Gasteiger partial charge in [0.2, 0.25) is 5.91 Å². The Morgan fingerprint density at radius 2 is 2.12 bits per heavy atom. The number of aromatic nitrogens is 1. The predicted octanol–water partition coefficient (Wildman–Crippen LogP) is 3.44. The molecule has 1 aromatic carbocycles. The van der Waals surface area contributed by atoms with Crippen LogP contribution in [0.3, 0.4) is 0 Å². The number of benzene rings is 1. The first-order chi connectivity index (χ1) is 11.6. The number of halogens is 1. The molecule has 1 N–H and O–H groups in total. The second-order valence-electron chi connectivity index (χ2n) is 6.42. The normalized spacial score (nSPS) is 15.1. The van der Waals surface area contributed by atoms with Crippen molar-refractivity contribution in [1.29, 1.82) is 0 Å². The van der Waals surface area contributed by atoms with Crippen molar-refractivity contribution in [2.45, 2.75) is 32.8 Å². The number of carbonyl (C=O) groups is 1. The standard InChI is InChI=1S/C18H21FN2O2S/c1-13-2-4-15(5-3-13)23-9-17-21-14(10-24-17)8-16(22)20-12-18(11-19)6-7-18/h2-5,10H,6-9,11-12H2,1H3,(H,20,22). The van der Waals surface area contributed by atoms with Gasteiger partial charge < -0.3 is 10.1 Å². The third-order valence-electron chi connectivity index (χ3n) is 4.23. The van der Waals surface area contributed by atoms with Crippen molar-refractivity contribution in [3.05, 3.63) is 45.9 Å². The Hall–Kier alpha value is -1.95. The van der Waals surface area contributed by atoms with Crippen LogP contribution in [-0.4, -0.2) is 24.1 Å². The van der Waals surface area contributed by atoms with Crippen molar-refractivity contribution in [1.82, 2.24) is 10.3 Å². The maximum absolute atomic E-state index is 12.8. The first-order valence-corrected chi connectivity index (χ1v) is 8.92. The Bertz CT molecular complexity index is 695. The highest BCUT2D eigenvalue weighted by molar-refractivity contribution is 7.09. The zero-order valence-corrected chi connectivity index (χ0v) is 14.5. The van der Waals surface area contributed by atoms with Gasteiger partial charge in [0.05, 0.1) is 18.8 Å². The Morgan fingerprint density at radius 1 is 1.38 bits per heavy atom. The Morgan fingerprint density at radius 3 is 2.79 bits per heavy atom. The molecule has 1 saturated carbocycles. The Kier molecular flexibility index (Phi) is 5.14. The SMILES string of the molecule is Cc1ccc(OCc2nc(CC(=O)NCC3(CF)CC3)cs2)cc1. The molecular formula is C18H21FN2O2S. The summed E-state index contributed by atoms with van der Waals surface area (Å²) in [5.41, 5.74) is 1.63. The number of nitrogens with zero attached hydrogens (tertiary/aromatic N) is 1. The van der Waals surface area contributed by atoms with Gasteiger partial charge in [-0.1, -0.05) is 17.7 Å². The number of thiazole rings is 1. The van der Waals surface area contributed by atoms with E-state index in [0.717, 1.165) is 29.3 Å². The van der Waals surface area contributed by atoms with Crippen LogP contribution in [0, 0.1) is 12.3 Å². The van der Waals surface area contributed by atoms with Gasteiger partial charge in [-0.3, -0.25) is 9.18 Å². The van der Waals surface area contributed by atoms with Gasteiger partial charge in [0.15, 0.2) is 0 Å². The van der Waals surface area contributed by atoms with E-state index in [-0.39, 0.29) is 24.4 Å². The molecule has 2 aromatic rings. The first-order valence-electron chi connectivity index (χ1n) is 8.04. The fourth-order valence-electron chi connectivity index (χ4n) is 2.32. The zero-order chi connectivity index (χ0) is 17.0. The van der Waals surface area contributed by atoms with E-state index in [2.05, 4.69) is 10.3 Å². The molecule has 0 spiro atoms. The summed E-state index contributed by atoms with van der Waals surface area (Å²) in [7, 11) is 0. The van der Waals surface area contributed by atoms with Crippen LogP contribution in [-0.2, 0) is 17.8 Å². The van der Waals surface area contributed by atoms with Crippen molar-refractivity contribution in [3.8, 4) is 5.75 Å². The average molecular weight is 348 g/mol. The van der Waals surface area contributed by atoms with E-state index in [1.165, 1.54) is 16.9 Å². The topological polar surface area (TPSA) is 51.2 Å². The molecule has 24 heavy (non-hydrogen) atoms. The Balaban J connectivity index is 1.44. The number of carbonyl (C=O) groups excluding carboxylic acids is 1. The van der Waals surface area contributed by atoms with Gasteiger partial charge in [-0.25, -0.2) is 4.98 Å². The number of nitrogens with one attached hydrogen (secondary N) is 1. The van der Waals surface area contributed by atoms with E-state index >= 15 is 0 Å². The molecule has 0 bridgehead atoms. The van der Waals surface area contributed by atoms with Crippen molar-refractivity contribution >= 4 is 17.2 Å². The molecule has 0 saturated heterocycles. The van der Waals surface area contributed by atoms with E-state index in [9.17, 15) is 9.18 Å². The second kappa shape index (κ2) is 7.30. The fourth-order valence-corrected chi connectivity index (χ4v) is 3.03. The summed E-state index contributed by atoms with van der Waals surface area (Å²) in [4.78, 5) is 16.3. The highest BCUT2D eigenvalue weighted by Gasteiger charge is 2.42. The second-order valence-corrected chi connectivity index (χ2v) is 7.36. The molecule has 0 aliphatic heterocycles. The summed E-state index contributed by atoms with van der Waals surface area (Å²) in [6.45, 7) is 2.49. The van der Waals surface area contributed by atoms with E-state index < -0.39 is 0 Å². The minimum absolute atomic E-state index is 0.106. The van der Waals surface area contributed by atoms with E-state index in [1.807, 2.05) is 36.6 Å². The molecular weight excluding hydrogens is 327 g/mol. The molecule has 0 unspecified atom stereocenters. The quantitative estimate of drug-likeness (QED) is 0.795. The van der Waals surface area contributed by atoms with Crippen molar-refractivity contribution < 1.29 is 13.9 Å². The summed E-state index contributed by atoms with van der Waals surface area (Å²) < 4.78 is 18.5. The lowest BCUT2D eigenvalue weighted by Gasteiger charge is -2.11. The van der Waals surface area contributed by atoms with Gasteiger partial charge in [-0.05, 0) is 31.9 Å². The van der Waals surface area contributed by atoms with Crippen LogP contribution in [0.1, 0.15) is 29.1 Å². The largest absolute Gasteiger partial charge is 0.486 e. The maximum Gasteiger partial charge on any atom is 0.226 e. The third kappa shape index (κ3) is 4.54. The number of aryl methyl sites for hydroxylation is 1. The number of rotatable bonds is 8. The molecule has 1 fully saturated rings. The molecule has 0 atom stereocenters. The van der Waals surface area contributed by atoms with Gasteiger partial charge >= 0.3 is 0 Å². The van der Waals surface area contributed by atoms with E-state index in [1.54, 1.807) is 0 Å². The highest BCUT2D eigenvalue weighted by atomic mass is 32.1. The van der Waals surface area contributed by atoms with Crippen LogP contribution in [0.4, 0.5) is 4.39 Å². The fraction of sp³-hybridized carbons (Fsp3) is 0.444. The first kappa shape index (κ1) is 16.9. The molecule has 1 amide bonds. The Labute approximate surface area is 145 Å². The van der Waals surface area contributed by atoms with Crippen LogP contribution in [0.25, 0.3) is 0 Å². The zero-order valence-electron chi connectivity index (χ0n) is 13.7. The molecule has 1 aliphatic rings. The molecule has 1 aromatic heterocycles. The van der Waals surface area contributed by atoms with Crippen LogP contribution < -0.4 is 10.1 Å². The minimum Gasteiger partial charge on any atom is -0.486 e. The summed E-state index contributed by atoms with van der Waals surface area (Å²) in [5, 5.41) is 5.52. The summed E-state index contributed by atoms with van der Waals surface area (Å²) in [5.74, 6) is 0.696. The number of alkyl halides is 1.